The molecule has 120 valence electrons. The highest BCUT2D eigenvalue weighted by Crippen LogP contribution is 2.24. The van der Waals surface area contributed by atoms with Gasteiger partial charge in [0.15, 0.2) is 0 Å². The molecule has 2 amide bonds. The first-order chi connectivity index (χ1) is 9.71. The summed E-state index contributed by atoms with van der Waals surface area (Å²) >= 11 is 0. The maximum atomic E-state index is 12.1. The van der Waals surface area contributed by atoms with Crippen molar-refractivity contribution in [2.24, 2.45) is 5.92 Å². The summed E-state index contributed by atoms with van der Waals surface area (Å²) in [5.41, 5.74) is -0.609. The highest BCUT2D eigenvalue weighted by atomic mass is 16.4. The van der Waals surface area contributed by atoms with Crippen molar-refractivity contribution >= 4 is 17.8 Å². The Balaban J connectivity index is 2.42. The number of aliphatic carboxylic acids is 1. The number of carboxylic acids is 1. The van der Waals surface area contributed by atoms with Crippen LogP contribution in [0.2, 0.25) is 0 Å². The van der Waals surface area contributed by atoms with E-state index in [4.69, 9.17) is 5.11 Å². The first kappa shape index (κ1) is 17.5. The van der Waals surface area contributed by atoms with Gasteiger partial charge >= 0.3 is 5.97 Å². The highest BCUT2D eigenvalue weighted by Gasteiger charge is 2.28. The molecule has 1 aliphatic rings. The number of amides is 2. The van der Waals surface area contributed by atoms with Crippen molar-refractivity contribution in [1.29, 1.82) is 0 Å². The Labute approximate surface area is 125 Å². The van der Waals surface area contributed by atoms with Gasteiger partial charge in [0, 0.05) is 17.9 Å². The highest BCUT2D eigenvalue weighted by molar-refractivity contribution is 5.88. The maximum Gasteiger partial charge on any atom is 0.303 e. The van der Waals surface area contributed by atoms with Gasteiger partial charge in [-0.05, 0) is 40.0 Å². The van der Waals surface area contributed by atoms with Gasteiger partial charge in [-0.15, -0.1) is 0 Å². The number of hydrogen-bond donors (Lipinski definition) is 3. The molecule has 0 spiro atoms. The van der Waals surface area contributed by atoms with Gasteiger partial charge in [-0.25, -0.2) is 0 Å². The van der Waals surface area contributed by atoms with E-state index in [9.17, 15) is 14.4 Å². The van der Waals surface area contributed by atoms with Gasteiger partial charge in [-0.1, -0.05) is 12.8 Å². The molecular formula is C15H26N2O4. The van der Waals surface area contributed by atoms with Crippen LogP contribution in [0.3, 0.4) is 0 Å². The molecule has 0 bridgehead atoms. The Bertz CT molecular complexity index is 400. The smallest absolute Gasteiger partial charge is 0.303 e. The fraction of sp³-hybridized carbons (Fsp3) is 0.800. The minimum absolute atomic E-state index is 0.00387. The van der Waals surface area contributed by atoms with Crippen molar-refractivity contribution in [3.8, 4) is 0 Å². The summed E-state index contributed by atoms with van der Waals surface area (Å²) in [6.07, 6.45) is 4.27. The van der Waals surface area contributed by atoms with Crippen molar-refractivity contribution in [2.45, 2.75) is 70.9 Å². The molecule has 1 fully saturated rings. The fourth-order valence-electron chi connectivity index (χ4n) is 2.51. The van der Waals surface area contributed by atoms with Crippen molar-refractivity contribution in [3.05, 3.63) is 0 Å². The molecule has 0 heterocycles. The third kappa shape index (κ3) is 6.14. The molecule has 0 radical (unpaired) electrons. The van der Waals surface area contributed by atoms with E-state index in [2.05, 4.69) is 10.6 Å². The van der Waals surface area contributed by atoms with Gasteiger partial charge in [0.2, 0.25) is 11.8 Å². The molecule has 0 saturated heterocycles. The normalized spacial score (nSPS) is 17.3. The van der Waals surface area contributed by atoms with Crippen molar-refractivity contribution in [3.63, 3.8) is 0 Å². The average molecular weight is 298 g/mol. The van der Waals surface area contributed by atoms with Crippen LogP contribution < -0.4 is 10.6 Å². The molecule has 0 aliphatic heterocycles. The molecule has 6 heteroatoms. The predicted molar refractivity (Wildman–Crippen MR) is 78.7 cm³/mol. The number of carbonyl (C=O) groups is 3. The van der Waals surface area contributed by atoms with Crippen molar-refractivity contribution in [1.82, 2.24) is 10.6 Å². The van der Waals surface area contributed by atoms with Crippen LogP contribution in [0.5, 0.6) is 0 Å². The summed E-state index contributed by atoms with van der Waals surface area (Å²) in [4.78, 5) is 34.6. The molecule has 6 nitrogen and oxygen atoms in total. The molecule has 1 saturated carbocycles. The van der Waals surface area contributed by atoms with E-state index in [-0.39, 0.29) is 24.2 Å². The van der Waals surface area contributed by atoms with E-state index < -0.39 is 17.6 Å². The Morgan fingerprint density at radius 1 is 1.24 bits per heavy atom. The summed E-state index contributed by atoms with van der Waals surface area (Å²) in [5, 5.41) is 14.2. The van der Waals surface area contributed by atoms with Crippen LogP contribution >= 0.6 is 0 Å². The summed E-state index contributed by atoms with van der Waals surface area (Å²) in [6, 6.07) is -0.609. The van der Waals surface area contributed by atoms with Gasteiger partial charge < -0.3 is 15.7 Å². The Hall–Kier alpha value is -1.59. The average Bonchev–Trinajstić information content (AvgIpc) is 2.89. The second-order valence-electron chi connectivity index (χ2n) is 6.48. The van der Waals surface area contributed by atoms with E-state index in [1.807, 2.05) is 0 Å². The van der Waals surface area contributed by atoms with Crippen LogP contribution in [0.25, 0.3) is 0 Å². The van der Waals surface area contributed by atoms with Crippen LogP contribution in [0.15, 0.2) is 0 Å². The third-order valence-corrected chi connectivity index (χ3v) is 3.90. The minimum atomic E-state index is -0.889. The summed E-state index contributed by atoms with van der Waals surface area (Å²) in [5.74, 6) is -1.20. The fourth-order valence-corrected chi connectivity index (χ4v) is 2.51. The minimum Gasteiger partial charge on any atom is -0.481 e. The van der Waals surface area contributed by atoms with Gasteiger partial charge in [-0.2, -0.15) is 0 Å². The molecule has 1 atom stereocenters. The molecule has 3 N–H and O–H groups in total. The third-order valence-electron chi connectivity index (χ3n) is 3.90. The number of carbonyl (C=O) groups excluding carboxylic acids is 2. The van der Waals surface area contributed by atoms with Gasteiger partial charge in [-0.3, -0.25) is 14.4 Å². The Morgan fingerprint density at radius 3 is 2.33 bits per heavy atom. The van der Waals surface area contributed by atoms with Crippen LogP contribution in [0.1, 0.15) is 59.3 Å². The monoisotopic (exact) mass is 298 g/mol. The molecule has 1 rings (SSSR count). The van der Waals surface area contributed by atoms with Crippen molar-refractivity contribution in [2.75, 3.05) is 0 Å². The zero-order chi connectivity index (χ0) is 16.0. The number of carboxylic acid groups (broad SMARTS) is 1. The van der Waals surface area contributed by atoms with Gasteiger partial charge in [0.1, 0.15) is 6.04 Å². The standard InChI is InChI=1S/C15H26N2O4/c1-10(16-14(21)11-6-4-5-7-11)13(20)17-15(2,3)9-8-12(18)19/h10-11H,4-9H2,1-3H3,(H,16,21)(H,17,20)(H,18,19). The number of nitrogens with one attached hydrogen (secondary N) is 2. The second kappa shape index (κ2) is 7.43. The Morgan fingerprint density at radius 2 is 1.81 bits per heavy atom. The zero-order valence-electron chi connectivity index (χ0n) is 13.1. The van der Waals surface area contributed by atoms with Crippen LogP contribution in [-0.4, -0.2) is 34.5 Å². The Kier molecular flexibility index (Phi) is 6.18. The van der Waals surface area contributed by atoms with Gasteiger partial charge in [0.05, 0.1) is 0 Å². The van der Waals surface area contributed by atoms with Crippen LogP contribution in [0.4, 0.5) is 0 Å². The zero-order valence-corrected chi connectivity index (χ0v) is 13.1. The molecular weight excluding hydrogens is 272 g/mol. The maximum absolute atomic E-state index is 12.1. The lowest BCUT2D eigenvalue weighted by molar-refractivity contribution is -0.138. The lowest BCUT2D eigenvalue weighted by Crippen LogP contribution is -2.52. The largest absolute Gasteiger partial charge is 0.481 e. The molecule has 1 unspecified atom stereocenters. The topological polar surface area (TPSA) is 95.5 Å². The summed E-state index contributed by atoms with van der Waals surface area (Å²) in [7, 11) is 0. The van der Waals surface area contributed by atoms with Crippen LogP contribution in [0, 0.1) is 5.92 Å². The SMILES string of the molecule is CC(NC(=O)C1CCCC1)C(=O)NC(C)(C)CCC(=O)O. The molecule has 0 aromatic carbocycles. The van der Waals surface area contributed by atoms with E-state index in [1.54, 1.807) is 20.8 Å². The second-order valence-corrected chi connectivity index (χ2v) is 6.48. The molecule has 21 heavy (non-hydrogen) atoms. The molecule has 0 aromatic rings. The first-order valence-corrected chi connectivity index (χ1v) is 7.55. The molecule has 1 aliphatic carbocycles. The van der Waals surface area contributed by atoms with Crippen molar-refractivity contribution < 1.29 is 19.5 Å². The number of hydrogen-bond acceptors (Lipinski definition) is 3. The van der Waals surface area contributed by atoms with E-state index >= 15 is 0 Å². The summed E-state index contributed by atoms with van der Waals surface area (Å²) in [6.45, 7) is 5.20. The van der Waals surface area contributed by atoms with Crippen LogP contribution in [-0.2, 0) is 14.4 Å². The first-order valence-electron chi connectivity index (χ1n) is 7.55. The lowest BCUT2D eigenvalue weighted by atomic mass is 9.98. The lowest BCUT2D eigenvalue weighted by Gasteiger charge is -2.28. The number of rotatable bonds is 7. The van der Waals surface area contributed by atoms with Gasteiger partial charge in [0.25, 0.3) is 0 Å². The quantitative estimate of drug-likeness (QED) is 0.662. The van der Waals surface area contributed by atoms with E-state index in [0.717, 1.165) is 25.7 Å². The predicted octanol–water partition coefficient (Wildman–Crippen LogP) is 1.44. The summed E-state index contributed by atoms with van der Waals surface area (Å²) < 4.78 is 0. The van der Waals surface area contributed by atoms with E-state index in [1.165, 1.54) is 0 Å². The van der Waals surface area contributed by atoms with E-state index in [0.29, 0.717) is 6.42 Å². The molecule has 0 aromatic heterocycles.